The van der Waals surface area contributed by atoms with Gasteiger partial charge in [-0.15, -0.1) is 0 Å². The summed E-state index contributed by atoms with van der Waals surface area (Å²) in [4.78, 5) is 27.8. The summed E-state index contributed by atoms with van der Waals surface area (Å²) < 4.78 is 11.6. The van der Waals surface area contributed by atoms with Gasteiger partial charge in [0.15, 0.2) is 5.43 Å². The van der Waals surface area contributed by atoms with Gasteiger partial charge in [-0.3, -0.25) is 4.79 Å². The third-order valence-electron chi connectivity index (χ3n) is 4.00. The molecule has 0 aliphatic heterocycles. The van der Waals surface area contributed by atoms with Crippen LogP contribution in [0, 0.1) is 0 Å². The fraction of sp³-hybridized carbons (Fsp3) is 0.250. The van der Waals surface area contributed by atoms with Crippen molar-refractivity contribution < 1.29 is 19.1 Å². The molecule has 1 aromatic carbocycles. The first-order valence-corrected chi connectivity index (χ1v) is 8.49. The second kappa shape index (κ2) is 7.82. The van der Waals surface area contributed by atoms with E-state index in [2.05, 4.69) is 11.9 Å². The minimum Gasteiger partial charge on any atom is -0.478 e. The highest BCUT2D eigenvalue weighted by Gasteiger charge is 2.14. The number of unbranched alkanes of at least 4 members (excludes halogenated alkanes) is 2. The fourth-order valence-electron chi connectivity index (χ4n) is 2.64. The monoisotopic (exact) mass is 353 g/mol. The Labute approximate surface area is 150 Å². The molecule has 3 rings (SSSR count). The maximum Gasteiger partial charge on any atom is 0.335 e. The molecular weight excluding hydrogens is 334 g/mol. The average Bonchev–Trinajstić information content (AvgIpc) is 2.65. The zero-order valence-corrected chi connectivity index (χ0v) is 14.4. The van der Waals surface area contributed by atoms with Crippen molar-refractivity contribution in [3.05, 3.63) is 58.4 Å². The number of carboxylic acid groups (broad SMARTS) is 1. The first-order valence-electron chi connectivity index (χ1n) is 8.49. The van der Waals surface area contributed by atoms with Crippen molar-refractivity contribution in [1.29, 1.82) is 0 Å². The molecule has 0 bridgehead atoms. The second-order valence-corrected chi connectivity index (χ2v) is 5.90. The van der Waals surface area contributed by atoms with Gasteiger partial charge in [-0.25, -0.2) is 9.78 Å². The molecule has 0 fully saturated rings. The van der Waals surface area contributed by atoms with E-state index in [9.17, 15) is 9.59 Å². The van der Waals surface area contributed by atoms with Gasteiger partial charge >= 0.3 is 5.97 Å². The number of carbonyl (C=O) groups is 1. The van der Waals surface area contributed by atoms with Crippen LogP contribution in [0.1, 0.15) is 36.5 Å². The second-order valence-electron chi connectivity index (χ2n) is 5.90. The number of aromatic carboxylic acids is 1. The summed E-state index contributed by atoms with van der Waals surface area (Å²) in [5.74, 6) is -0.345. The Kier molecular flexibility index (Phi) is 5.31. The summed E-state index contributed by atoms with van der Waals surface area (Å²) >= 11 is 0. The molecule has 0 saturated heterocycles. The van der Waals surface area contributed by atoms with Gasteiger partial charge in [0.2, 0.25) is 5.88 Å². The molecule has 0 radical (unpaired) electrons. The number of fused-ring (bicyclic) bond motifs is 1. The number of rotatable bonds is 7. The van der Waals surface area contributed by atoms with Crippen LogP contribution >= 0.6 is 0 Å². The van der Waals surface area contributed by atoms with Crippen LogP contribution in [0.3, 0.4) is 0 Å². The van der Waals surface area contributed by atoms with Crippen LogP contribution in [0.15, 0.2) is 51.8 Å². The van der Waals surface area contributed by atoms with Crippen molar-refractivity contribution in [1.82, 2.24) is 4.98 Å². The van der Waals surface area contributed by atoms with Crippen LogP contribution in [0.5, 0.6) is 5.88 Å². The van der Waals surface area contributed by atoms with Crippen molar-refractivity contribution in [2.75, 3.05) is 6.61 Å². The predicted octanol–water partition coefficient (Wildman–Crippen LogP) is 4.12. The number of hydrogen-bond donors (Lipinski definition) is 1. The van der Waals surface area contributed by atoms with Crippen molar-refractivity contribution in [2.45, 2.75) is 26.2 Å². The molecule has 0 amide bonds. The summed E-state index contributed by atoms with van der Waals surface area (Å²) in [6, 6.07) is 9.07. The summed E-state index contributed by atoms with van der Waals surface area (Å²) in [5, 5.41) is 9.29. The lowest BCUT2D eigenvalue weighted by Crippen LogP contribution is -2.05. The minimum atomic E-state index is -1.09. The lowest BCUT2D eigenvalue weighted by Gasteiger charge is -2.10. The number of ether oxygens (including phenoxy) is 1. The summed E-state index contributed by atoms with van der Waals surface area (Å²) in [6.45, 7) is 2.66. The van der Waals surface area contributed by atoms with E-state index in [-0.39, 0.29) is 16.4 Å². The van der Waals surface area contributed by atoms with Crippen molar-refractivity contribution in [3.8, 4) is 17.2 Å². The fourth-order valence-corrected chi connectivity index (χ4v) is 2.64. The highest BCUT2D eigenvalue weighted by atomic mass is 16.5. The van der Waals surface area contributed by atoms with E-state index in [4.69, 9.17) is 14.3 Å². The van der Waals surface area contributed by atoms with E-state index in [1.165, 1.54) is 24.3 Å². The first kappa shape index (κ1) is 17.7. The van der Waals surface area contributed by atoms with Crippen LogP contribution in [-0.4, -0.2) is 22.7 Å². The number of aromatic nitrogens is 1. The quantitative estimate of drug-likeness (QED) is 0.643. The minimum absolute atomic E-state index is 0.0406. The number of carboxylic acids is 1. The van der Waals surface area contributed by atoms with Gasteiger partial charge in [-0.05, 0) is 36.8 Å². The van der Waals surface area contributed by atoms with Crippen LogP contribution in [-0.2, 0) is 0 Å². The highest BCUT2D eigenvalue weighted by Crippen LogP contribution is 2.29. The number of pyridine rings is 1. The van der Waals surface area contributed by atoms with Gasteiger partial charge in [0.1, 0.15) is 11.3 Å². The molecule has 6 heteroatoms. The molecule has 1 N–H and O–H groups in total. The zero-order valence-electron chi connectivity index (χ0n) is 14.4. The Morgan fingerprint density at radius 2 is 2.08 bits per heavy atom. The summed E-state index contributed by atoms with van der Waals surface area (Å²) in [5.41, 5.74) is 0.632. The molecule has 0 spiro atoms. The number of nitrogens with zero attached hydrogens (tertiary/aromatic N) is 1. The van der Waals surface area contributed by atoms with Crippen LogP contribution < -0.4 is 10.2 Å². The van der Waals surface area contributed by atoms with E-state index >= 15 is 0 Å². The summed E-state index contributed by atoms with van der Waals surface area (Å²) in [7, 11) is 0. The van der Waals surface area contributed by atoms with Crippen LogP contribution in [0.25, 0.3) is 22.3 Å². The Hall–Kier alpha value is -3.15. The molecule has 26 heavy (non-hydrogen) atoms. The van der Waals surface area contributed by atoms with Crippen LogP contribution in [0.2, 0.25) is 0 Å². The van der Waals surface area contributed by atoms with Crippen molar-refractivity contribution in [3.63, 3.8) is 0 Å². The lowest BCUT2D eigenvalue weighted by atomic mass is 10.1. The Morgan fingerprint density at radius 1 is 1.23 bits per heavy atom. The lowest BCUT2D eigenvalue weighted by molar-refractivity contribution is 0.0697. The molecule has 3 aromatic rings. The third kappa shape index (κ3) is 3.74. The van der Waals surface area contributed by atoms with Gasteiger partial charge < -0.3 is 14.3 Å². The average molecular weight is 353 g/mol. The molecule has 6 nitrogen and oxygen atoms in total. The molecule has 0 saturated carbocycles. The SMILES string of the molecule is CCCCCOc1ncccc1-c1cc(=O)c2cc(C(=O)O)ccc2o1. The molecule has 0 unspecified atom stereocenters. The molecular formula is C20H19NO5. The smallest absolute Gasteiger partial charge is 0.335 e. The van der Waals surface area contributed by atoms with E-state index in [0.717, 1.165) is 19.3 Å². The maximum atomic E-state index is 12.4. The maximum absolute atomic E-state index is 12.4. The van der Waals surface area contributed by atoms with E-state index in [0.29, 0.717) is 29.4 Å². The Balaban J connectivity index is 2.00. The molecule has 0 aliphatic rings. The van der Waals surface area contributed by atoms with Gasteiger partial charge in [-0.1, -0.05) is 19.8 Å². The standard InChI is InChI=1S/C20H19NO5/c1-2-3-4-10-25-19-14(6-5-9-21-19)18-12-16(22)15-11-13(20(23)24)7-8-17(15)26-18/h5-9,11-12H,2-4,10H2,1H3,(H,23,24). The van der Waals surface area contributed by atoms with Gasteiger partial charge in [-0.2, -0.15) is 0 Å². The van der Waals surface area contributed by atoms with Crippen molar-refractivity contribution in [2.24, 2.45) is 0 Å². The predicted molar refractivity (Wildman–Crippen MR) is 97.7 cm³/mol. The van der Waals surface area contributed by atoms with Crippen LogP contribution in [0.4, 0.5) is 0 Å². The first-order chi connectivity index (χ1) is 12.6. The van der Waals surface area contributed by atoms with Gasteiger partial charge in [0, 0.05) is 12.3 Å². The highest BCUT2D eigenvalue weighted by molar-refractivity contribution is 5.93. The topological polar surface area (TPSA) is 89.6 Å². The Morgan fingerprint density at radius 3 is 2.85 bits per heavy atom. The molecule has 2 aromatic heterocycles. The summed E-state index contributed by atoms with van der Waals surface area (Å²) in [6.07, 6.45) is 4.71. The zero-order chi connectivity index (χ0) is 18.5. The molecule has 134 valence electrons. The molecule has 0 atom stereocenters. The third-order valence-corrected chi connectivity index (χ3v) is 4.00. The largest absolute Gasteiger partial charge is 0.478 e. The molecule has 2 heterocycles. The van der Waals surface area contributed by atoms with Gasteiger partial charge in [0.25, 0.3) is 0 Å². The Bertz CT molecular complexity index is 993. The number of benzene rings is 1. The van der Waals surface area contributed by atoms with Gasteiger partial charge in [0.05, 0.1) is 23.1 Å². The van der Waals surface area contributed by atoms with E-state index in [1.54, 1.807) is 18.3 Å². The van der Waals surface area contributed by atoms with E-state index in [1.807, 2.05) is 0 Å². The number of hydrogen-bond acceptors (Lipinski definition) is 5. The normalized spacial score (nSPS) is 10.8. The van der Waals surface area contributed by atoms with E-state index < -0.39 is 5.97 Å². The molecule has 0 aliphatic carbocycles. The van der Waals surface area contributed by atoms with Crippen molar-refractivity contribution >= 4 is 16.9 Å².